The molecule has 0 unspecified atom stereocenters. The van der Waals surface area contributed by atoms with Gasteiger partial charge < -0.3 is 19.7 Å². The van der Waals surface area contributed by atoms with Crippen LogP contribution >= 0.6 is 0 Å². The highest BCUT2D eigenvalue weighted by atomic mass is 16.5. The first-order valence-electron chi connectivity index (χ1n) is 13.6. The standard InChI is InChI=1S/C31H36N4O4/c1-31(30(37)32-20-24-11-7-8-12-28(24)39-3)21-35-27(19-26(33-35)23-13-15-25(38-2)16-14-23)29(36)34(31)18-17-22-9-5-4-6-10-22/h7-9,11-16,19H,4-6,10,17-18,20-21H2,1-3H3,(H,32,37)/t31-/m1/s1. The average Bonchev–Trinajstić information content (AvgIpc) is 3.40. The van der Waals surface area contributed by atoms with E-state index in [2.05, 4.69) is 11.4 Å². The first-order valence-corrected chi connectivity index (χ1v) is 13.6. The molecule has 1 aliphatic carbocycles. The minimum absolute atomic E-state index is 0.181. The van der Waals surface area contributed by atoms with Gasteiger partial charge >= 0.3 is 0 Å². The number of nitrogens with one attached hydrogen (secondary N) is 1. The van der Waals surface area contributed by atoms with Crippen LogP contribution in [-0.2, 0) is 17.9 Å². The lowest BCUT2D eigenvalue weighted by atomic mass is 9.92. The fraction of sp³-hybridized carbons (Fsp3) is 0.387. The molecule has 204 valence electrons. The third-order valence-electron chi connectivity index (χ3n) is 7.85. The second-order valence-electron chi connectivity index (χ2n) is 10.4. The van der Waals surface area contributed by atoms with Crippen molar-refractivity contribution >= 4 is 11.8 Å². The van der Waals surface area contributed by atoms with Crippen molar-refractivity contribution in [2.24, 2.45) is 0 Å². The number of rotatable bonds is 9. The minimum Gasteiger partial charge on any atom is -0.497 e. The molecule has 0 saturated heterocycles. The summed E-state index contributed by atoms with van der Waals surface area (Å²) in [6, 6.07) is 17.0. The number of fused-ring (bicyclic) bond motifs is 1. The molecule has 1 N–H and O–H groups in total. The van der Waals surface area contributed by atoms with Crippen molar-refractivity contribution in [3.05, 3.63) is 77.5 Å². The van der Waals surface area contributed by atoms with E-state index < -0.39 is 5.54 Å². The van der Waals surface area contributed by atoms with Gasteiger partial charge in [-0.1, -0.05) is 29.8 Å². The summed E-state index contributed by atoms with van der Waals surface area (Å²) in [4.78, 5) is 29.5. The number of benzene rings is 2. The normalized spacial score (nSPS) is 18.8. The summed E-state index contributed by atoms with van der Waals surface area (Å²) in [6.07, 6.45) is 7.58. The number of hydrogen-bond donors (Lipinski definition) is 1. The number of carbonyl (C=O) groups excluding carboxylic acids is 2. The molecule has 39 heavy (non-hydrogen) atoms. The van der Waals surface area contributed by atoms with Gasteiger partial charge in [0.15, 0.2) is 0 Å². The molecule has 0 spiro atoms. The van der Waals surface area contributed by atoms with E-state index in [4.69, 9.17) is 14.6 Å². The largest absolute Gasteiger partial charge is 0.497 e. The quantitative estimate of drug-likeness (QED) is 0.396. The monoisotopic (exact) mass is 528 g/mol. The molecule has 2 aliphatic rings. The van der Waals surface area contributed by atoms with Gasteiger partial charge in [-0.3, -0.25) is 14.3 Å². The molecule has 1 atom stereocenters. The topological polar surface area (TPSA) is 85.7 Å². The molecular weight excluding hydrogens is 492 g/mol. The SMILES string of the molecule is COc1ccc(-c2cc3n(n2)C[C@](C)(C(=O)NCc2ccccc2OC)N(CCC2=CCCCC2)C3=O)cc1. The van der Waals surface area contributed by atoms with Crippen LogP contribution in [0, 0.1) is 0 Å². The number of para-hydroxylation sites is 1. The van der Waals surface area contributed by atoms with Crippen LogP contribution in [0.3, 0.4) is 0 Å². The Morgan fingerprint density at radius 1 is 1.08 bits per heavy atom. The number of hydrogen-bond acceptors (Lipinski definition) is 5. The van der Waals surface area contributed by atoms with E-state index in [1.165, 1.54) is 18.4 Å². The Kier molecular flexibility index (Phi) is 7.72. The zero-order chi connectivity index (χ0) is 27.4. The van der Waals surface area contributed by atoms with Crippen LogP contribution in [0.15, 0.2) is 66.2 Å². The summed E-state index contributed by atoms with van der Waals surface area (Å²) in [5.41, 5.74) is 3.20. The molecule has 0 radical (unpaired) electrons. The van der Waals surface area contributed by atoms with Gasteiger partial charge in [-0.2, -0.15) is 5.10 Å². The summed E-state index contributed by atoms with van der Waals surface area (Å²) in [5.74, 6) is 1.06. The van der Waals surface area contributed by atoms with Crippen molar-refractivity contribution < 1.29 is 19.1 Å². The van der Waals surface area contributed by atoms with Crippen molar-refractivity contribution in [2.45, 2.75) is 57.7 Å². The van der Waals surface area contributed by atoms with E-state index in [9.17, 15) is 9.59 Å². The lowest BCUT2D eigenvalue weighted by Crippen LogP contribution is -2.64. The maximum Gasteiger partial charge on any atom is 0.273 e. The van der Waals surface area contributed by atoms with Crippen LogP contribution < -0.4 is 14.8 Å². The number of methoxy groups -OCH3 is 2. The molecule has 2 aromatic carbocycles. The molecule has 8 heteroatoms. The van der Waals surface area contributed by atoms with E-state index in [-0.39, 0.29) is 18.4 Å². The van der Waals surface area contributed by atoms with Crippen LogP contribution in [0.25, 0.3) is 11.3 Å². The van der Waals surface area contributed by atoms with E-state index in [0.717, 1.165) is 36.1 Å². The Morgan fingerprint density at radius 3 is 2.59 bits per heavy atom. The van der Waals surface area contributed by atoms with Crippen LogP contribution in [0.1, 0.15) is 55.1 Å². The smallest absolute Gasteiger partial charge is 0.273 e. The number of carbonyl (C=O) groups is 2. The van der Waals surface area contributed by atoms with Crippen LogP contribution in [-0.4, -0.2) is 52.8 Å². The lowest BCUT2D eigenvalue weighted by molar-refractivity contribution is -0.133. The molecule has 0 saturated carbocycles. The second-order valence-corrected chi connectivity index (χ2v) is 10.4. The Hall–Kier alpha value is -4.07. The zero-order valence-corrected chi connectivity index (χ0v) is 22.9. The zero-order valence-electron chi connectivity index (χ0n) is 22.9. The predicted molar refractivity (Wildman–Crippen MR) is 150 cm³/mol. The highest BCUT2D eigenvalue weighted by molar-refractivity contribution is 6.00. The Balaban J connectivity index is 1.43. The molecule has 0 fully saturated rings. The minimum atomic E-state index is -1.11. The van der Waals surface area contributed by atoms with Crippen LogP contribution in [0.2, 0.25) is 0 Å². The Labute approximate surface area is 229 Å². The summed E-state index contributed by atoms with van der Waals surface area (Å²) in [5, 5.41) is 7.82. The number of ether oxygens (including phenoxy) is 2. The molecule has 3 aromatic rings. The highest BCUT2D eigenvalue weighted by Gasteiger charge is 2.47. The molecule has 0 bridgehead atoms. The van der Waals surface area contributed by atoms with Gasteiger partial charge in [0, 0.05) is 24.2 Å². The summed E-state index contributed by atoms with van der Waals surface area (Å²) in [6.45, 7) is 2.89. The van der Waals surface area contributed by atoms with Gasteiger partial charge in [-0.25, -0.2) is 0 Å². The van der Waals surface area contributed by atoms with Crippen LogP contribution in [0.4, 0.5) is 0 Å². The summed E-state index contributed by atoms with van der Waals surface area (Å²) in [7, 11) is 3.24. The molecule has 8 nitrogen and oxygen atoms in total. The van der Waals surface area contributed by atoms with Gasteiger partial charge in [-0.15, -0.1) is 0 Å². The van der Waals surface area contributed by atoms with E-state index in [1.54, 1.807) is 23.8 Å². The van der Waals surface area contributed by atoms with Crippen molar-refractivity contribution in [3.8, 4) is 22.8 Å². The number of amides is 2. The molecule has 2 heterocycles. The van der Waals surface area contributed by atoms with Crippen molar-refractivity contribution in [2.75, 3.05) is 20.8 Å². The number of aromatic nitrogens is 2. The third-order valence-corrected chi connectivity index (χ3v) is 7.85. The molecule has 1 aliphatic heterocycles. The van der Waals surface area contributed by atoms with E-state index in [1.807, 2.05) is 61.5 Å². The summed E-state index contributed by atoms with van der Waals surface area (Å²) >= 11 is 0. The van der Waals surface area contributed by atoms with Crippen molar-refractivity contribution in [1.82, 2.24) is 20.0 Å². The van der Waals surface area contributed by atoms with E-state index >= 15 is 0 Å². The maximum atomic E-state index is 14.0. The van der Waals surface area contributed by atoms with Gasteiger partial charge in [0.2, 0.25) is 5.91 Å². The first-order chi connectivity index (χ1) is 18.9. The van der Waals surface area contributed by atoms with Gasteiger partial charge in [0.05, 0.1) is 26.5 Å². The van der Waals surface area contributed by atoms with Crippen molar-refractivity contribution in [1.29, 1.82) is 0 Å². The Morgan fingerprint density at radius 2 is 1.87 bits per heavy atom. The van der Waals surface area contributed by atoms with Gasteiger partial charge in [0.25, 0.3) is 5.91 Å². The van der Waals surface area contributed by atoms with Crippen molar-refractivity contribution in [3.63, 3.8) is 0 Å². The molecule has 2 amide bonds. The molecule has 5 rings (SSSR count). The lowest BCUT2D eigenvalue weighted by Gasteiger charge is -2.43. The van der Waals surface area contributed by atoms with Gasteiger partial charge in [-0.05, 0) is 75.4 Å². The Bertz CT molecular complexity index is 1380. The average molecular weight is 529 g/mol. The van der Waals surface area contributed by atoms with Gasteiger partial charge in [0.1, 0.15) is 22.7 Å². The molecular formula is C31H36N4O4. The molecule has 1 aromatic heterocycles. The fourth-order valence-electron chi connectivity index (χ4n) is 5.50. The third kappa shape index (κ3) is 5.41. The van der Waals surface area contributed by atoms with E-state index in [0.29, 0.717) is 30.2 Å². The first kappa shape index (κ1) is 26.5. The maximum absolute atomic E-state index is 14.0. The second kappa shape index (κ2) is 11.4. The van der Waals surface area contributed by atoms with Crippen LogP contribution in [0.5, 0.6) is 11.5 Å². The summed E-state index contributed by atoms with van der Waals surface area (Å²) < 4.78 is 12.4. The number of nitrogens with zero attached hydrogens (tertiary/aromatic N) is 3. The fourth-order valence-corrected chi connectivity index (χ4v) is 5.50. The predicted octanol–water partition coefficient (Wildman–Crippen LogP) is 4.99. The highest BCUT2D eigenvalue weighted by Crippen LogP contribution is 2.32. The number of allylic oxidation sites excluding steroid dienone is 1.